The lowest BCUT2D eigenvalue weighted by Crippen LogP contribution is -2.47. The summed E-state index contributed by atoms with van der Waals surface area (Å²) >= 11 is 1.16. The Morgan fingerprint density at radius 1 is 1.21 bits per heavy atom. The van der Waals surface area contributed by atoms with Gasteiger partial charge in [-0.2, -0.15) is 0 Å². The van der Waals surface area contributed by atoms with Gasteiger partial charge in [-0.05, 0) is 31.9 Å². The third-order valence-corrected chi connectivity index (χ3v) is 5.91. The number of amides is 3. The lowest BCUT2D eigenvalue weighted by Gasteiger charge is -2.23. The third-order valence-electron chi connectivity index (χ3n) is 4.78. The molecule has 1 aromatic heterocycles. The van der Waals surface area contributed by atoms with Gasteiger partial charge in [0.05, 0.1) is 10.8 Å². The van der Waals surface area contributed by atoms with Crippen molar-refractivity contribution in [3.05, 3.63) is 30.1 Å². The van der Waals surface area contributed by atoms with Crippen LogP contribution < -0.4 is 10.6 Å². The molecule has 1 unspecified atom stereocenters. The number of urea groups is 1. The number of aromatic nitrogens is 3. The highest BCUT2D eigenvalue weighted by molar-refractivity contribution is 8.00. The number of carbonyl (C=O) groups excluding carboxylic acids is 2. The number of imide groups is 1. The molecule has 2 aromatic rings. The number of hydrogen-bond donors (Lipinski definition) is 2. The number of nitrogens with zero attached hydrogens (tertiary/aromatic N) is 3. The molecule has 28 heavy (non-hydrogen) atoms. The van der Waals surface area contributed by atoms with E-state index in [-0.39, 0.29) is 11.9 Å². The topological polar surface area (TPSA) is 88.9 Å². The monoisotopic (exact) mass is 405 g/mol. The molecule has 0 aliphatic heterocycles. The van der Waals surface area contributed by atoms with Gasteiger partial charge in [0.2, 0.25) is 5.91 Å². The molecule has 2 N–H and O–H groups in total. The van der Waals surface area contributed by atoms with Crippen molar-refractivity contribution in [2.75, 3.05) is 0 Å². The van der Waals surface area contributed by atoms with Crippen LogP contribution in [0.15, 0.2) is 29.4 Å². The first kappa shape index (κ1) is 20.3. The summed E-state index contributed by atoms with van der Waals surface area (Å²) in [6, 6.07) is 5.98. The first-order valence-corrected chi connectivity index (χ1v) is 10.3. The van der Waals surface area contributed by atoms with Crippen molar-refractivity contribution in [2.24, 2.45) is 7.05 Å². The molecular weight excluding hydrogens is 381 g/mol. The van der Waals surface area contributed by atoms with E-state index in [0.717, 1.165) is 37.4 Å². The summed E-state index contributed by atoms with van der Waals surface area (Å²) in [5, 5.41) is 13.2. The number of halogens is 1. The average Bonchev–Trinajstić information content (AvgIpc) is 3.03. The van der Waals surface area contributed by atoms with Gasteiger partial charge in [-0.1, -0.05) is 43.2 Å². The van der Waals surface area contributed by atoms with Crippen LogP contribution in [-0.4, -0.2) is 38.0 Å². The van der Waals surface area contributed by atoms with Crippen LogP contribution in [0, 0.1) is 5.82 Å². The van der Waals surface area contributed by atoms with Gasteiger partial charge in [0, 0.05) is 13.1 Å². The maximum atomic E-state index is 14.0. The van der Waals surface area contributed by atoms with Gasteiger partial charge in [-0.15, -0.1) is 10.2 Å². The van der Waals surface area contributed by atoms with Crippen LogP contribution in [0.25, 0.3) is 11.4 Å². The molecule has 1 aliphatic carbocycles. The minimum Gasteiger partial charge on any atom is -0.335 e. The van der Waals surface area contributed by atoms with E-state index in [1.165, 1.54) is 12.5 Å². The van der Waals surface area contributed by atoms with Gasteiger partial charge >= 0.3 is 6.03 Å². The summed E-state index contributed by atoms with van der Waals surface area (Å²) in [5.41, 5.74) is 0.341. The van der Waals surface area contributed by atoms with Gasteiger partial charge in [-0.3, -0.25) is 10.1 Å². The van der Waals surface area contributed by atoms with Crippen LogP contribution in [0.1, 0.15) is 39.0 Å². The van der Waals surface area contributed by atoms with Crippen LogP contribution in [0.5, 0.6) is 0 Å². The van der Waals surface area contributed by atoms with E-state index in [0.29, 0.717) is 16.5 Å². The van der Waals surface area contributed by atoms with E-state index in [9.17, 15) is 14.0 Å². The summed E-state index contributed by atoms with van der Waals surface area (Å²) in [4.78, 5) is 24.4. The molecule has 3 amide bonds. The SMILES string of the molecule is CC(Sc1nnc(-c2ccccc2F)n1C)C(=O)NC(=O)NC1CCCCC1. The molecule has 9 heteroatoms. The van der Waals surface area contributed by atoms with Crippen LogP contribution >= 0.6 is 11.8 Å². The molecule has 1 saturated carbocycles. The number of rotatable bonds is 5. The molecule has 0 spiro atoms. The van der Waals surface area contributed by atoms with E-state index in [1.807, 2.05) is 0 Å². The number of nitrogens with one attached hydrogen (secondary N) is 2. The smallest absolute Gasteiger partial charge is 0.321 e. The standard InChI is InChI=1S/C19H24FN5O2S/c1-12(17(26)22-18(27)21-13-8-4-3-5-9-13)28-19-24-23-16(25(19)2)14-10-6-7-11-15(14)20/h6-7,10-13H,3-5,8-9H2,1-2H3,(H2,21,22,26,27). The molecule has 1 fully saturated rings. The second-order valence-electron chi connectivity index (χ2n) is 6.90. The zero-order valence-corrected chi connectivity index (χ0v) is 16.8. The van der Waals surface area contributed by atoms with Crippen molar-refractivity contribution in [2.45, 2.75) is 55.5 Å². The molecule has 1 aliphatic rings. The zero-order valence-electron chi connectivity index (χ0n) is 15.9. The Hall–Kier alpha value is -2.42. The van der Waals surface area contributed by atoms with Gasteiger partial charge in [-0.25, -0.2) is 9.18 Å². The zero-order chi connectivity index (χ0) is 20.1. The van der Waals surface area contributed by atoms with Crippen LogP contribution in [0.4, 0.5) is 9.18 Å². The first-order chi connectivity index (χ1) is 13.5. The molecule has 1 heterocycles. The van der Waals surface area contributed by atoms with E-state index in [4.69, 9.17) is 0 Å². The lowest BCUT2D eigenvalue weighted by molar-refractivity contribution is -0.119. The second-order valence-corrected chi connectivity index (χ2v) is 8.21. The number of hydrogen-bond acceptors (Lipinski definition) is 5. The minimum absolute atomic E-state index is 0.131. The number of benzene rings is 1. The predicted octanol–water partition coefficient (Wildman–Crippen LogP) is 3.26. The summed E-state index contributed by atoms with van der Waals surface area (Å²) in [7, 11) is 1.71. The Morgan fingerprint density at radius 2 is 1.93 bits per heavy atom. The largest absolute Gasteiger partial charge is 0.335 e. The van der Waals surface area contributed by atoms with Crippen molar-refractivity contribution in [3.8, 4) is 11.4 Å². The highest BCUT2D eigenvalue weighted by Gasteiger charge is 2.23. The molecule has 0 bridgehead atoms. The normalized spacial score (nSPS) is 15.8. The molecule has 0 radical (unpaired) electrons. The van der Waals surface area contributed by atoms with Gasteiger partial charge in [0.15, 0.2) is 11.0 Å². The Labute approximate surface area is 167 Å². The fourth-order valence-electron chi connectivity index (χ4n) is 3.19. The molecule has 0 saturated heterocycles. The van der Waals surface area contributed by atoms with Crippen molar-refractivity contribution in [1.82, 2.24) is 25.4 Å². The van der Waals surface area contributed by atoms with E-state index < -0.39 is 17.2 Å². The molecule has 1 atom stereocenters. The summed E-state index contributed by atoms with van der Waals surface area (Å²) in [5.74, 6) is -0.420. The molecule has 7 nitrogen and oxygen atoms in total. The fourth-order valence-corrected chi connectivity index (χ4v) is 4.00. The van der Waals surface area contributed by atoms with Gasteiger partial charge in [0.1, 0.15) is 5.82 Å². The van der Waals surface area contributed by atoms with Gasteiger partial charge in [0.25, 0.3) is 0 Å². The van der Waals surface area contributed by atoms with Crippen LogP contribution in [-0.2, 0) is 11.8 Å². The number of carbonyl (C=O) groups is 2. The Morgan fingerprint density at radius 3 is 2.64 bits per heavy atom. The van der Waals surface area contributed by atoms with Gasteiger partial charge < -0.3 is 9.88 Å². The highest BCUT2D eigenvalue weighted by Crippen LogP contribution is 2.27. The van der Waals surface area contributed by atoms with Crippen LogP contribution in [0.2, 0.25) is 0 Å². The maximum Gasteiger partial charge on any atom is 0.321 e. The quantitative estimate of drug-likeness (QED) is 0.746. The highest BCUT2D eigenvalue weighted by atomic mass is 32.2. The Bertz CT molecular complexity index is 851. The Kier molecular flexibility index (Phi) is 6.66. The lowest BCUT2D eigenvalue weighted by atomic mass is 9.96. The second kappa shape index (κ2) is 9.18. The van der Waals surface area contributed by atoms with Crippen LogP contribution in [0.3, 0.4) is 0 Å². The molecule has 1 aromatic carbocycles. The first-order valence-electron chi connectivity index (χ1n) is 9.38. The van der Waals surface area contributed by atoms with E-state index in [2.05, 4.69) is 20.8 Å². The minimum atomic E-state index is -0.562. The Balaban J connectivity index is 1.58. The maximum absolute atomic E-state index is 14.0. The molecular formula is C19H24FN5O2S. The number of thioether (sulfide) groups is 1. The molecule has 3 rings (SSSR count). The third kappa shape index (κ3) is 4.89. The summed E-state index contributed by atoms with van der Waals surface area (Å²) < 4.78 is 15.6. The predicted molar refractivity (Wildman–Crippen MR) is 105 cm³/mol. The molecule has 150 valence electrons. The van der Waals surface area contributed by atoms with Crippen molar-refractivity contribution >= 4 is 23.7 Å². The summed E-state index contributed by atoms with van der Waals surface area (Å²) in [6.45, 7) is 1.69. The van der Waals surface area contributed by atoms with E-state index >= 15 is 0 Å². The fraction of sp³-hybridized carbons (Fsp3) is 0.474. The van der Waals surface area contributed by atoms with E-state index in [1.54, 1.807) is 36.7 Å². The van der Waals surface area contributed by atoms with Crippen molar-refractivity contribution < 1.29 is 14.0 Å². The average molecular weight is 405 g/mol. The van der Waals surface area contributed by atoms with Crippen molar-refractivity contribution in [1.29, 1.82) is 0 Å². The summed E-state index contributed by atoms with van der Waals surface area (Å²) in [6.07, 6.45) is 5.29. The van der Waals surface area contributed by atoms with Crippen molar-refractivity contribution in [3.63, 3.8) is 0 Å².